The molecule has 25 nitrogen and oxygen atoms in total. The summed E-state index contributed by atoms with van der Waals surface area (Å²) in [4.78, 5) is 38.0. The number of hydrogen-bond acceptors (Lipinski definition) is 16. The minimum absolute atomic E-state index is 0. The SMILES string of the molecule is N[C@H]1CCCC[C@@H]1N.N[C@H]1CCCC[C@@H]1N.N[C@H]1CCCC[C@@H]1N.N[C@H]1CCCC[C@@H]1N.O.O.O.O.O.O=C1C=Cc2cccc3ccc(O)c1c23.O=[N+]([O-])O.O=[N+]([O-])[O-].Oc1ccc2cccc3c2c1C(=[OH+])C=C3.[Ag].[Cl][Pt][Cl].[Pt].[Pt].[Pt]. The van der Waals surface area contributed by atoms with Crippen LogP contribution in [0.1, 0.15) is 130 Å². The molecule has 30 N–H and O–H groups in total. The second kappa shape index (κ2) is 53.0. The summed E-state index contributed by atoms with van der Waals surface area (Å²) in [7, 11) is 9.75. The first-order chi connectivity index (χ1) is 34.6. The number of phenols is 2. The van der Waals surface area contributed by atoms with Crippen LogP contribution in [-0.2, 0) is 102 Å². The second-order valence-corrected chi connectivity index (χ2v) is 21.5. The van der Waals surface area contributed by atoms with Crippen LogP contribution < -0.4 is 45.9 Å². The molecule has 6 aliphatic carbocycles. The van der Waals surface area contributed by atoms with Crippen LogP contribution in [0.15, 0.2) is 72.8 Å². The van der Waals surface area contributed by atoms with Crippen molar-refractivity contribution in [3.8, 4) is 11.5 Å². The van der Waals surface area contributed by atoms with E-state index in [-0.39, 0.29) is 184 Å². The van der Waals surface area contributed by atoms with Crippen molar-refractivity contribution in [3.05, 3.63) is 121 Å². The van der Waals surface area contributed by atoms with E-state index in [2.05, 4.69) is 0 Å². The zero-order chi connectivity index (χ0) is 54.6. The summed E-state index contributed by atoms with van der Waals surface area (Å²) in [5.74, 6) is 0.176. The van der Waals surface area contributed by atoms with E-state index in [0.29, 0.717) is 11.1 Å². The van der Waals surface area contributed by atoms with Gasteiger partial charge in [0, 0.05) is 151 Å². The Labute approximate surface area is 552 Å². The van der Waals surface area contributed by atoms with Crippen LogP contribution in [0.4, 0.5) is 0 Å². The first-order valence-electron chi connectivity index (χ1n) is 24.1. The molecule has 4 saturated carbocycles. The molecular weight excluding hydrogens is 1940 g/mol. The van der Waals surface area contributed by atoms with E-state index in [1.165, 1.54) is 57.4 Å². The van der Waals surface area contributed by atoms with Crippen LogP contribution in [0.2, 0.25) is 0 Å². The number of carbonyl (C=O) groups excluding carboxylic acids is 2. The maximum Gasteiger partial charge on any atom is 0 e. The molecule has 0 bridgehead atoms. The number of phenolic OH excluding ortho intramolecular Hbond substituents is 2. The number of benzene rings is 4. The van der Waals surface area contributed by atoms with Gasteiger partial charge in [-0.25, -0.2) is 0 Å². The van der Waals surface area contributed by atoms with E-state index in [1.54, 1.807) is 24.3 Å². The standard InChI is InChI=1S/2C13H8O2.4C6H14N2.Ag.2ClH.HNO3.NO3.5H2O.4Pt/c2*14-10-6-4-8-2-1-3-9-5-7-11(15)13(10)12(8)9;4*7-5-3-1-2-4-6(5)8;;;;2*2-1(3)4;;;;;;;;;/h2*1-7,14H;4*5-6H,1-4,7-8H2;;2*1H;(H,2,3,4);;5*1H2;;;;/q;;;;;;;;;;-1;;;;;;;;;+2/p-1/t;;4*5-,6-;;;;;;;;;;;;;;/m..0000............../s1. The molecule has 8 atom stereocenters. The Morgan fingerprint density at radius 3 is 0.963 bits per heavy atom. The zero-order valence-corrected chi connectivity index (χ0v) is 56.7. The summed E-state index contributed by atoms with van der Waals surface area (Å²) in [5.41, 5.74) is 48.2. The maximum absolute atomic E-state index is 11.6. The minimum Gasteiger partial charge on any atom is 0 e. The molecule has 82 heavy (non-hydrogen) atoms. The van der Waals surface area contributed by atoms with Crippen LogP contribution in [-0.4, -0.2) is 118 Å². The van der Waals surface area contributed by atoms with Crippen LogP contribution in [0.5, 0.6) is 11.5 Å². The third-order valence-corrected chi connectivity index (χ3v) is 12.9. The maximum atomic E-state index is 11.6. The second-order valence-electron chi connectivity index (χ2n) is 18.2. The fourth-order valence-electron chi connectivity index (χ4n) is 8.83. The molecule has 0 spiro atoms. The third-order valence-electron chi connectivity index (χ3n) is 12.9. The topological polar surface area (TPSA) is 574 Å². The molecule has 0 heterocycles. The number of carbonyl (C=O) groups is 1. The fourth-order valence-corrected chi connectivity index (χ4v) is 8.83. The van der Waals surface area contributed by atoms with Crippen LogP contribution in [0, 0.1) is 25.4 Å². The summed E-state index contributed by atoms with van der Waals surface area (Å²) >= 11 is -0.472. The predicted octanol–water partition coefficient (Wildman–Crippen LogP) is 2.74. The number of aromatic hydroxyl groups is 2. The van der Waals surface area contributed by atoms with Gasteiger partial charge in [0.1, 0.15) is 17.1 Å². The Bertz CT molecular complexity index is 2210. The van der Waals surface area contributed by atoms with Gasteiger partial charge in [-0.3, -0.25) is 9.59 Å². The van der Waals surface area contributed by atoms with Gasteiger partial charge in [0.15, 0.2) is 5.78 Å². The third kappa shape index (κ3) is 35.4. The number of hydrogen-bond donors (Lipinski definition) is 11. The average Bonchev–Trinajstić information content (AvgIpc) is 3.35. The number of ketones is 2. The van der Waals surface area contributed by atoms with Gasteiger partial charge in [-0.15, -0.1) is 10.1 Å². The first kappa shape index (κ1) is 96.1. The number of halogens is 2. The molecule has 4 aromatic carbocycles. The number of nitrogens with zero attached hydrogens (tertiary/aromatic N) is 2. The smallest absolute Gasteiger partial charge is 0 e. The normalized spacial score (nSPS) is 21.3. The molecule has 489 valence electrons. The summed E-state index contributed by atoms with van der Waals surface area (Å²) in [5, 5.41) is 51.6. The van der Waals surface area contributed by atoms with E-state index in [9.17, 15) is 19.8 Å². The van der Waals surface area contributed by atoms with Crippen molar-refractivity contribution in [3.63, 3.8) is 0 Å². The number of allylic oxidation sites excluding steroid dienone is 2. The van der Waals surface area contributed by atoms with Gasteiger partial charge in [0.25, 0.3) is 5.09 Å². The van der Waals surface area contributed by atoms with E-state index >= 15 is 0 Å². The summed E-state index contributed by atoms with van der Waals surface area (Å²) in [6, 6.07) is 20.8. The van der Waals surface area contributed by atoms with Crippen molar-refractivity contribution < 1.29 is 165 Å². The predicted molar refractivity (Wildman–Crippen MR) is 306 cm³/mol. The van der Waals surface area contributed by atoms with E-state index in [1.807, 2.05) is 54.6 Å². The molecule has 0 unspecified atom stereocenters. The molecule has 4 fully saturated rings. The van der Waals surface area contributed by atoms with Gasteiger partial charge in [-0.2, -0.15) is 0 Å². The quantitative estimate of drug-likeness (QED) is 0.0522. The Morgan fingerprint density at radius 2 is 0.707 bits per heavy atom. The van der Waals surface area contributed by atoms with Crippen LogP contribution >= 0.6 is 18.8 Å². The van der Waals surface area contributed by atoms with Crippen molar-refractivity contribution in [2.45, 2.75) is 151 Å². The summed E-state index contributed by atoms with van der Waals surface area (Å²) < 4.78 is 0. The van der Waals surface area contributed by atoms with Gasteiger partial charge in [-0.1, -0.05) is 106 Å². The zero-order valence-electron chi connectivity index (χ0n) is 44.6. The monoisotopic (exact) mass is 2020 g/mol. The molecule has 0 amide bonds. The van der Waals surface area contributed by atoms with Gasteiger partial charge < -0.3 is 104 Å². The first-order valence-corrected chi connectivity index (χ1v) is 29.8. The molecule has 32 heteroatoms. The van der Waals surface area contributed by atoms with Crippen molar-refractivity contribution in [2.24, 2.45) is 45.9 Å². The van der Waals surface area contributed by atoms with Crippen molar-refractivity contribution in [1.82, 2.24) is 0 Å². The average molecular weight is 2020 g/mol. The van der Waals surface area contributed by atoms with Crippen LogP contribution in [0.25, 0.3) is 33.7 Å². The Hall–Kier alpha value is -2.23. The molecule has 10 rings (SSSR count). The molecule has 6 aliphatic rings. The number of nitrogens with two attached hydrogens (primary N) is 8. The number of rotatable bonds is 0. The van der Waals surface area contributed by atoms with Crippen molar-refractivity contribution in [1.29, 1.82) is 0 Å². The van der Waals surface area contributed by atoms with Gasteiger partial charge in [-0.05, 0) is 97.6 Å². The van der Waals surface area contributed by atoms with Gasteiger partial charge in [0.05, 0.1) is 10.7 Å². The molecular formula is C50H84AgCl2N10O15Pt4. The van der Waals surface area contributed by atoms with Crippen molar-refractivity contribution in [2.75, 3.05) is 0 Å². The molecule has 1 radical (unpaired) electrons. The Kier molecular flexibility index (Phi) is 62.2. The summed E-state index contributed by atoms with van der Waals surface area (Å²) in [6.45, 7) is 0. The van der Waals surface area contributed by atoms with Gasteiger partial charge >= 0.3 is 41.1 Å². The Morgan fingerprint density at radius 1 is 0.476 bits per heavy atom. The van der Waals surface area contributed by atoms with E-state index < -0.39 is 26.7 Å². The summed E-state index contributed by atoms with van der Waals surface area (Å²) in [6.07, 6.45) is 25.9. The largest absolute Gasteiger partial charge is 0 e. The van der Waals surface area contributed by atoms with Gasteiger partial charge in [0.2, 0.25) is 0 Å². The van der Waals surface area contributed by atoms with E-state index in [4.69, 9.17) is 95.3 Å². The molecule has 0 aliphatic heterocycles. The van der Waals surface area contributed by atoms with Crippen molar-refractivity contribution >= 4 is 64.1 Å². The Balaban J connectivity index is -0.000000129. The fraction of sp³-hybridized carbons (Fsp3) is 0.480. The molecule has 0 aromatic heterocycles. The molecule has 4 aromatic rings. The van der Waals surface area contributed by atoms with Crippen LogP contribution in [0.3, 0.4) is 0 Å². The molecule has 0 saturated heterocycles. The minimum atomic E-state index is -1.75. The van der Waals surface area contributed by atoms with E-state index in [0.717, 1.165) is 84.0 Å².